The minimum atomic E-state index is -0.176. The van der Waals surface area contributed by atoms with Crippen molar-refractivity contribution in [3.8, 4) is 0 Å². The molecule has 4 saturated carbocycles. The van der Waals surface area contributed by atoms with Crippen molar-refractivity contribution in [1.29, 1.82) is 0 Å². The zero-order valence-corrected chi connectivity index (χ0v) is 15.6. The molecule has 0 aromatic rings. The van der Waals surface area contributed by atoms with Gasteiger partial charge in [0.05, 0.1) is 29.2 Å². The maximum atomic E-state index is 10.6. The number of ether oxygens (including phenoxy) is 1. The van der Waals surface area contributed by atoms with Crippen LogP contribution in [0.2, 0.25) is 0 Å². The van der Waals surface area contributed by atoms with Gasteiger partial charge in [0.1, 0.15) is 0 Å². The quantitative estimate of drug-likeness (QED) is 0.630. The van der Waals surface area contributed by atoms with Crippen LogP contribution in [0, 0.1) is 28.6 Å². The number of hydrogen-bond acceptors (Lipinski definition) is 3. The smallest absolute Gasteiger partial charge is 0.0738 e. The van der Waals surface area contributed by atoms with Crippen molar-refractivity contribution in [3.05, 3.63) is 0 Å². The number of alkyl halides is 1. The van der Waals surface area contributed by atoms with E-state index >= 15 is 0 Å². The molecule has 4 heteroatoms. The summed E-state index contributed by atoms with van der Waals surface area (Å²) in [5.41, 5.74) is 0.354. The molecule has 1 saturated heterocycles. The Balaban J connectivity index is 1.55. The maximum absolute atomic E-state index is 10.6. The van der Waals surface area contributed by atoms with Crippen molar-refractivity contribution < 1.29 is 14.9 Å². The number of aliphatic hydroxyl groups excluding tert-OH is 2. The fraction of sp³-hybridized carbons (Fsp3) is 1.00. The molecule has 0 spiro atoms. The monoisotopic (exact) mass is 384 g/mol. The van der Waals surface area contributed by atoms with Crippen molar-refractivity contribution in [2.45, 2.75) is 80.9 Å². The van der Waals surface area contributed by atoms with Gasteiger partial charge in [0.25, 0.3) is 0 Å². The van der Waals surface area contributed by atoms with Crippen LogP contribution in [0.25, 0.3) is 0 Å². The highest BCUT2D eigenvalue weighted by molar-refractivity contribution is 9.10. The number of rotatable bonds is 0. The SMILES string of the molecule is C[C@]12CC[C@@H]3[C@@H](CC4OC[C@@]35CCC(O)CC45Br)[C@@H]1CCC2O. The van der Waals surface area contributed by atoms with E-state index in [1.807, 2.05) is 0 Å². The number of aliphatic hydroxyl groups is 2. The Morgan fingerprint density at radius 2 is 1.87 bits per heavy atom. The van der Waals surface area contributed by atoms with Crippen LogP contribution in [0.4, 0.5) is 0 Å². The number of halogens is 1. The van der Waals surface area contributed by atoms with Crippen LogP contribution in [0.1, 0.15) is 58.3 Å². The minimum Gasteiger partial charge on any atom is -0.393 e. The average molecular weight is 385 g/mol. The lowest BCUT2D eigenvalue weighted by Crippen LogP contribution is -2.63. The summed E-state index contributed by atoms with van der Waals surface area (Å²) in [7, 11) is 0. The standard InChI is InChI=1S/C19H29BrO3/c1-17-6-5-14-12(13(17)2-3-15(17)22)8-16-19(20)9-11(21)4-7-18(14,19)10-23-16/h11-16,21-22H,2-10H2,1H3/t11?,12-,13-,14+,15?,16?,17-,18-,19?/m0/s1. The molecular formula is C19H29BrO3. The van der Waals surface area contributed by atoms with Crippen LogP contribution in [-0.2, 0) is 4.74 Å². The molecule has 4 unspecified atom stereocenters. The molecule has 0 aromatic carbocycles. The third-order valence-electron chi connectivity index (χ3n) is 8.92. The van der Waals surface area contributed by atoms with Crippen LogP contribution >= 0.6 is 15.9 Å². The lowest BCUT2D eigenvalue weighted by atomic mass is 9.45. The Labute approximate surface area is 147 Å². The highest BCUT2D eigenvalue weighted by atomic mass is 79.9. The third-order valence-corrected chi connectivity index (χ3v) is 10.5. The molecule has 130 valence electrons. The first-order chi connectivity index (χ1) is 10.9. The van der Waals surface area contributed by atoms with Gasteiger partial charge in [-0.3, -0.25) is 0 Å². The molecule has 0 radical (unpaired) electrons. The Bertz CT molecular complexity index is 527. The zero-order chi connectivity index (χ0) is 16.0. The Kier molecular flexibility index (Phi) is 3.22. The van der Waals surface area contributed by atoms with E-state index in [0.29, 0.717) is 17.8 Å². The van der Waals surface area contributed by atoms with Crippen molar-refractivity contribution >= 4 is 15.9 Å². The maximum Gasteiger partial charge on any atom is 0.0738 e. The molecule has 2 bridgehead atoms. The van der Waals surface area contributed by atoms with Gasteiger partial charge in [-0.05, 0) is 74.5 Å². The van der Waals surface area contributed by atoms with E-state index in [1.165, 1.54) is 12.8 Å². The number of hydrogen-bond donors (Lipinski definition) is 2. The Morgan fingerprint density at radius 3 is 2.70 bits per heavy atom. The molecule has 1 aliphatic heterocycles. The van der Waals surface area contributed by atoms with Crippen LogP contribution in [0.5, 0.6) is 0 Å². The van der Waals surface area contributed by atoms with Crippen molar-refractivity contribution in [1.82, 2.24) is 0 Å². The van der Waals surface area contributed by atoms with Gasteiger partial charge >= 0.3 is 0 Å². The second-order valence-electron chi connectivity index (χ2n) is 9.47. The zero-order valence-electron chi connectivity index (χ0n) is 14.0. The van der Waals surface area contributed by atoms with Gasteiger partial charge in [-0.15, -0.1) is 0 Å². The van der Waals surface area contributed by atoms with E-state index in [0.717, 1.165) is 45.1 Å². The van der Waals surface area contributed by atoms with Crippen LogP contribution in [0.3, 0.4) is 0 Å². The summed E-state index contributed by atoms with van der Waals surface area (Å²) in [6.07, 6.45) is 8.55. The molecule has 5 aliphatic rings. The Morgan fingerprint density at radius 1 is 1.04 bits per heavy atom. The van der Waals surface area contributed by atoms with Gasteiger partial charge in [0.2, 0.25) is 0 Å². The van der Waals surface area contributed by atoms with E-state index < -0.39 is 0 Å². The third kappa shape index (κ3) is 1.72. The molecule has 2 N–H and O–H groups in total. The molecular weight excluding hydrogens is 356 g/mol. The van der Waals surface area contributed by atoms with Gasteiger partial charge in [0.15, 0.2) is 0 Å². The lowest BCUT2D eigenvalue weighted by molar-refractivity contribution is -0.112. The molecule has 23 heavy (non-hydrogen) atoms. The average Bonchev–Trinajstić information content (AvgIpc) is 2.88. The summed E-state index contributed by atoms with van der Waals surface area (Å²) in [5, 5.41) is 20.8. The summed E-state index contributed by atoms with van der Waals surface area (Å²) < 4.78 is 6.34. The topological polar surface area (TPSA) is 49.7 Å². The predicted octanol–water partition coefficient (Wildman–Crippen LogP) is 3.26. The van der Waals surface area contributed by atoms with Gasteiger partial charge in [-0.25, -0.2) is 0 Å². The van der Waals surface area contributed by atoms with Crippen LogP contribution in [0.15, 0.2) is 0 Å². The second kappa shape index (κ2) is 4.75. The second-order valence-corrected chi connectivity index (χ2v) is 10.9. The fourth-order valence-corrected chi connectivity index (χ4v) is 8.98. The molecule has 4 aliphatic carbocycles. The molecule has 1 heterocycles. The van der Waals surface area contributed by atoms with Crippen LogP contribution in [-0.4, -0.2) is 39.5 Å². The highest BCUT2D eigenvalue weighted by Gasteiger charge is 2.72. The summed E-state index contributed by atoms with van der Waals surface area (Å²) in [6.45, 7) is 3.22. The summed E-state index contributed by atoms with van der Waals surface area (Å²) in [4.78, 5) is 0. The van der Waals surface area contributed by atoms with Gasteiger partial charge in [-0.2, -0.15) is 0 Å². The van der Waals surface area contributed by atoms with E-state index in [1.54, 1.807) is 0 Å². The van der Waals surface area contributed by atoms with Gasteiger partial charge in [0, 0.05) is 5.41 Å². The summed E-state index contributed by atoms with van der Waals surface area (Å²) in [5.74, 6) is 2.08. The van der Waals surface area contributed by atoms with Gasteiger partial charge < -0.3 is 14.9 Å². The first-order valence-corrected chi connectivity index (χ1v) is 10.4. The van der Waals surface area contributed by atoms with E-state index in [-0.39, 0.29) is 33.5 Å². The first kappa shape index (κ1) is 15.6. The van der Waals surface area contributed by atoms with Crippen molar-refractivity contribution in [2.75, 3.05) is 6.61 Å². The summed E-state index contributed by atoms with van der Waals surface area (Å²) in [6, 6.07) is 0. The Hall–Kier alpha value is 0.360. The molecule has 3 nitrogen and oxygen atoms in total. The molecule has 0 amide bonds. The van der Waals surface area contributed by atoms with Gasteiger partial charge in [-0.1, -0.05) is 22.9 Å². The van der Waals surface area contributed by atoms with Crippen molar-refractivity contribution in [2.24, 2.45) is 28.6 Å². The number of fused-ring (bicyclic) bond motifs is 3. The fourth-order valence-electron chi connectivity index (χ4n) is 7.68. The van der Waals surface area contributed by atoms with E-state index in [4.69, 9.17) is 4.74 Å². The minimum absolute atomic E-state index is 0.0101. The molecule has 9 atom stereocenters. The van der Waals surface area contributed by atoms with Crippen LogP contribution < -0.4 is 0 Å². The van der Waals surface area contributed by atoms with E-state index in [9.17, 15) is 10.2 Å². The lowest BCUT2D eigenvalue weighted by Gasteiger charge is -2.62. The summed E-state index contributed by atoms with van der Waals surface area (Å²) >= 11 is 4.12. The first-order valence-electron chi connectivity index (χ1n) is 9.57. The van der Waals surface area contributed by atoms with Crippen molar-refractivity contribution in [3.63, 3.8) is 0 Å². The predicted molar refractivity (Wildman–Crippen MR) is 91.4 cm³/mol. The van der Waals surface area contributed by atoms with E-state index in [2.05, 4.69) is 22.9 Å². The molecule has 5 rings (SSSR count). The normalized spacial score (nSPS) is 64.2. The largest absolute Gasteiger partial charge is 0.393 e. The molecule has 0 aromatic heterocycles. The molecule has 5 fully saturated rings. The highest BCUT2D eigenvalue weighted by Crippen LogP contribution is 2.72.